The van der Waals surface area contributed by atoms with Gasteiger partial charge in [0, 0.05) is 31.1 Å². The minimum atomic E-state index is -0.419. The molecule has 2 amide bonds. The molecule has 9 heteroatoms. The van der Waals surface area contributed by atoms with Crippen LogP contribution in [0.1, 0.15) is 34.6 Å². The molecule has 1 aliphatic rings. The van der Waals surface area contributed by atoms with Crippen LogP contribution in [-0.2, 0) is 14.3 Å². The van der Waals surface area contributed by atoms with Crippen LogP contribution >= 0.6 is 11.3 Å². The number of hydrogen-bond donors (Lipinski definition) is 1. The van der Waals surface area contributed by atoms with E-state index in [9.17, 15) is 14.4 Å². The molecule has 1 aliphatic heterocycles. The van der Waals surface area contributed by atoms with Crippen LogP contribution in [0.5, 0.6) is 0 Å². The molecule has 2 rings (SSSR count). The third-order valence-corrected chi connectivity index (χ3v) is 5.51. The number of thiophene rings is 1. The number of aryl methyl sites for hydroxylation is 1. The van der Waals surface area contributed by atoms with Crippen molar-refractivity contribution in [2.24, 2.45) is 0 Å². The lowest BCUT2D eigenvalue weighted by Gasteiger charge is -2.33. The summed E-state index contributed by atoms with van der Waals surface area (Å²) in [6.45, 7) is 10.4. The predicted molar refractivity (Wildman–Crippen MR) is 103 cm³/mol. The number of esters is 1. The first-order chi connectivity index (χ1) is 12.9. The molecule has 1 aromatic heterocycles. The first kappa shape index (κ1) is 21.2. The van der Waals surface area contributed by atoms with E-state index >= 15 is 0 Å². The maximum atomic E-state index is 12.4. The number of carbonyl (C=O) groups excluding carboxylic acids is 3. The fourth-order valence-electron chi connectivity index (χ4n) is 2.84. The van der Waals surface area contributed by atoms with Crippen molar-refractivity contribution in [2.75, 3.05) is 51.3 Å². The van der Waals surface area contributed by atoms with Gasteiger partial charge in [-0.25, -0.2) is 9.59 Å². The van der Waals surface area contributed by atoms with Crippen molar-refractivity contribution in [3.8, 4) is 0 Å². The number of nitrogens with zero attached hydrogens (tertiary/aromatic N) is 2. The number of piperazine rings is 1. The number of anilines is 1. The average molecular weight is 397 g/mol. The van der Waals surface area contributed by atoms with Gasteiger partial charge in [-0.2, -0.15) is 0 Å². The lowest BCUT2D eigenvalue weighted by Crippen LogP contribution is -2.50. The average Bonchev–Trinajstić information content (AvgIpc) is 2.89. The zero-order valence-corrected chi connectivity index (χ0v) is 17.1. The van der Waals surface area contributed by atoms with Crippen LogP contribution in [0.25, 0.3) is 0 Å². The molecule has 1 saturated heterocycles. The predicted octanol–water partition coefficient (Wildman–Crippen LogP) is 2.25. The quantitative estimate of drug-likeness (QED) is 0.741. The minimum absolute atomic E-state index is 0.189. The Labute approximate surface area is 163 Å². The number of amides is 2. The van der Waals surface area contributed by atoms with Gasteiger partial charge in [-0.15, -0.1) is 11.3 Å². The first-order valence-corrected chi connectivity index (χ1v) is 9.90. The molecule has 0 aromatic carbocycles. The molecule has 0 spiro atoms. The lowest BCUT2D eigenvalue weighted by atomic mass is 10.1. The molecule has 0 bridgehead atoms. The Hall–Kier alpha value is -2.13. The zero-order valence-electron chi connectivity index (χ0n) is 16.3. The summed E-state index contributed by atoms with van der Waals surface area (Å²) in [7, 11) is 0. The molecule has 150 valence electrons. The second-order valence-electron chi connectivity index (χ2n) is 6.22. The Morgan fingerprint density at radius 2 is 1.67 bits per heavy atom. The van der Waals surface area contributed by atoms with Crippen molar-refractivity contribution in [1.29, 1.82) is 0 Å². The molecule has 1 fully saturated rings. The van der Waals surface area contributed by atoms with Crippen molar-refractivity contribution >= 4 is 34.3 Å². The molecule has 8 nitrogen and oxygen atoms in total. The largest absolute Gasteiger partial charge is 0.462 e. The Morgan fingerprint density at radius 1 is 1.04 bits per heavy atom. The number of hydrogen-bond acceptors (Lipinski definition) is 7. The van der Waals surface area contributed by atoms with E-state index in [-0.39, 0.29) is 25.2 Å². The van der Waals surface area contributed by atoms with Gasteiger partial charge in [0.25, 0.3) is 0 Å². The summed E-state index contributed by atoms with van der Waals surface area (Å²) in [5.41, 5.74) is 1.26. The summed E-state index contributed by atoms with van der Waals surface area (Å²) in [5, 5.41) is 3.37. The van der Waals surface area contributed by atoms with Crippen LogP contribution in [0.2, 0.25) is 0 Å². The molecule has 0 radical (unpaired) electrons. The highest BCUT2D eigenvalue weighted by molar-refractivity contribution is 7.16. The molecule has 0 saturated carbocycles. The minimum Gasteiger partial charge on any atom is -0.462 e. The van der Waals surface area contributed by atoms with E-state index in [1.807, 2.05) is 18.7 Å². The van der Waals surface area contributed by atoms with Crippen LogP contribution in [0.4, 0.5) is 9.80 Å². The van der Waals surface area contributed by atoms with E-state index in [0.29, 0.717) is 43.4 Å². The number of rotatable bonds is 6. The topological polar surface area (TPSA) is 88.2 Å². The summed E-state index contributed by atoms with van der Waals surface area (Å²) >= 11 is 1.37. The van der Waals surface area contributed by atoms with Gasteiger partial charge in [-0.05, 0) is 33.3 Å². The van der Waals surface area contributed by atoms with E-state index in [4.69, 9.17) is 9.47 Å². The SMILES string of the molecule is CCOC(=O)c1c(NC(=O)CN2CCN(C(=O)OCC)CC2)sc(C)c1C. The Bertz CT molecular complexity index is 695. The van der Waals surface area contributed by atoms with Gasteiger partial charge in [-0.1, -0.05) is 0 Å². The van der Waals surface area contributed by atoms with E-state index in [2.05, 4.69) is 5.32 Å². The van der Waals surface area contributed by atoms with E-state index in [1.165, 1.54) is 11.3 Å². The molecule has 0 atom stereocenters. The maximum Gasteiger partial charge on any atom is 0.409 e. The molecule has 0 unspecified atom stereocenters. The Morgan fingerprint density at radius 3 is 2.26 bits per heavy atom. The summed E-state index contributed by atoms with van der Waals surface area (Å²) in [6.07, 6.45) is -0.315. The van der Waals surface area contributed by atoms with Gasteiger partial charge in [0.1, 0.15) is 5.00 Å². The van der Waals surface area contributed by atoms with E-state index in [1.54, 1.807) is 18.7 Å². The van der Waals surface area contributed by atoms with Crippen molar-refractivity contribution in [2.45, 2.75) is 27.7 Å². The summed E-state index contributed by atoms with van der Waals surface area (Å²) in [4.78, 5) is 41.0. The van der Waals surface area contributed by atoms with Gasteiger partial charge in [0.2, 0.25) is 5.91 Å². The standard InChI is InChI=1S/C18H27N3O5S/c1-5-25-17(23)15-12(3)13(4)27-16(15)19-14(22)11-20-7-9-21(10-8-20)18(24)26-6-2/h5-11H2,1-4H3,(H,19,22). The smallest absolute Gasteiger partial charge is 0.409 e. The zero-order chi connectivity index (χ0) is 20.0. The second kappa shape index (κ2) is 9.70. The number of nitrogens with one attached hydrogen (secondary N) is 1. The molecule has 1 N–H and O–H groups in total. The second-order valence-corrected chi connectivity index (χ2v) is 7.44. The third-order valence-electron chi connectivity index (χ3n) is 4.38. The molecule has 27 heavy (non-hydrogen) atoms. The monoisotopic (exact) mass is 397 g/mol. The summed E-state index contributed by atoms with van der Waals surface area (Å²) in [5.74, 6) is -0.607. The Kier molecular flexibility index (Phi) is 7.61. The lowest BCUT2D eigenvalue weighted by molar-refractivity contribution is -0.117. The third kappa shape index (κ3) is 5.43. The van der Waals surface area contributed by atoms with Crippen molar-refractivity contribution in [3.05, 3.63) is 16.0 Å². The molecule has 2 heterocycles. The normalized spacial score (nSPS) is 14.7. The van der Waals surface area contributed by atoms with Crippen molar-refractivity contribution in [3.63, 3.8) is 0 Å². The van der Waals surface area contributed by atoms with Gasteiger partial charge >= 0.3 is 12.1 Å². The summed E-state index contributed by atoms with van der Waals surface area (Å²) in [6, 6.07) is 0. The fourth-order valence-corrected chi connectivity index (χ4v) is 3.90. The van der Waals surface area contributed by atoms with Crippen LogP contribution in [0, 0.1) is 13.8 Å². The highest BCUT2D eigenvalue weighted by atomic mass is 32.1. The fraction of sp³-hybridized carbons (Fsp3) is 0.611. The van der Waals surface area contributed by atoms with Crippen molar-refractivity contribution < 1.29 is 23.9 Å². The molecule has 1 aromatic rings. The van der Waals surface area contributed by atoms with Crippen LogP contribution < -0.4 is 5.32 Å². The summed E-state index contributed by atoms with van der Waals surface area (Å²) < 4.78 is 10.1. The highest BCUT2D eigenvalue weighted by Crippen LogP contribution is 2.33. The van der Waals surface area contributed by atoms with Gasteiger partial charge in [0.15, 0.2) is 0 Å². The number of ether oxygens (including phenoxy) is 2. The van der Waals surface area contributed by atoms with E-state index in [0.717, 1.165) is 10.4 Å². The molecular formula is C18H27N3O5S. The molecule has 0 aliphatic carbocycles. The van der Waals surface area contributed by atoms with Gasteiger partial charge < -0.3 is 19.7 Å². The van der Waals surface area contributed by atoms with Crippen LogP contribution in [-0.4, -0.2) is 73.7 Å². The maximum absolute atomic E-state index is 12.4. The van der Waals surface area contributed by atoms with Crippen LogP contribution in [0.3, 0.4) is 0 Å². The highest BCUT2D eigenvalue weighted by Gasteiger charge is 2.25. The van der Waals surface area contributed by atoms with Gasteiger partial charge in [0.05, 0.1) is 25.3 Å². The van der Waals surface area contributed by atoms with E-state index < -0.39 is 5.97 Å². The van der Waals surface area contributed by atoms with Gasteiger partial charge in [-0.3, -0.25) is 9.69 Å². The number of carbonyl (C=O) groups is 3. The van der Waals surface area contributed by atoms with Crippen LogP contribution in [0.15, 0.2) is 0 Å². The molecular weight excluding hydrogens is 370 g/mol. The van der Waals surface area contributed by atoms with Crippen molar-refractivity contribution in [1.82, 2.24) is 9.80 Å². The Balaban J connectivity index is 1.93. The first-order valence-electron chi connectivity index (χ1n) is 9.08.